The average molecular weight is 249 g/mol. The van der Waals surface area contributed by atoms with Crippen LogP contribution >= 0.6 is 0 Å². The van der Waals surface area contributed by atoms with Gasteiger partial charge in [-0.25, -0.2) is 4.79 Å². The molecule has 0 aliphatic carbocycles. The molecule has 1 aromatic carbocycles. The Labute approximate surface area is 103 Å². The molecule has 0 fully saturated rings. The van der Waals surface area contributed by atoms with Crippen molar-refractivity contribution in [3.63, 3.8) is 0 Å². The van der Waals surface area contributed by atoms with Gasteiger partial charge in [0, 0.05) is 25.2 Å². The lowest BCUT2D eigenvalue weighted by Gasteiger charge is -2.16. The minimum atomic E-state index is -0.501. The van der Waals surface area contributed by atoms with Crippen LogP contribution < -0.4 is 16.4 Å². The SMILES string of the molecule is CN(C(=O)CCCN)c1ccc2[nH]c(=O)oc2c1. The lowest BCUT2D eigenvalue weighted by molar-refractivity contribution is -0.118. The van der Waals surface area contributed by atoms with E-state index >= 15 is 0 Å². The maximum Gasteiger partial charge on any atom is 0.417 e. The van der Waals surface area contributed by atoms with Crippen LogP contribution in [0.15, 0.2) is 27.4 Å². The number of hydrogen-bond acceptors (Lipinski definition) is 4. The number of carbonyl (C=O) groups is 1. The highest BCUT2D eigenvalue weighted by Crippen LogP contribution is 2.19. The molecule has 18 heavy (non-hydrogen) atoms. The normalized spacial score (nSPS) is 10.8. The molecule has 0 saturated carbocycles. The number of aromatic nitrogens is 1. The van der Waals surface area contributed by atoms with E-state index in [4.69, 9.17) is 10.2 Å². The molecule has 6 heteroatoms. The van der Waals surface area contributed by atoms with E-state index in [0.717, 1.165) is 0 Å². The van der Waals surface area contributed by atoms with Crippen LogP contribution in [0.4, 0.5) is 5.69 Å². The molecular formula is C12H15N3O3. The molecule has 0 radical (unpaired) electrons. The number of fused-ring (bicyclic) bond motifs is 1. The van der Waals surface area contributed by atoms with Gasteiger partial charge in [-0.2, -0.15) is 0 Å². The summed E-state index contributed by atoms with van der Waals surface area (Å²) in [7, 11) is 1.69. The number of aromatic amines is 1. The summed E-state index contributed by atoms with van der Waals surface area (Å²) in [5, 5.41) is 0. The Balaban J connectivity index is 2.24. The third-order valence-electron chi connectivity index (χ3n) is 2.76. The smallest absolute Gasteiger partial charge is 0.408 e. The number of H-pyrrole nitrogens is 1. The molecule has 96 valence electrons. The number of amides is 1. The molecule has 1 aromatic heterocycles. The van der Waals surface area contributed by atoms with Crippen molar-refractivity contribution in [1.29, 1.82) is 0 Å². The summed E-state index contributed by atoms with van der Waals surface area (Å²) < 4.78 is 4.95. The average Bonchev–Trinajstić information content (AvgIpc) is 2.73. The summed E-state index contributed by atoms with van der Waals surface area (Å²) in [5.74, 6) is -0.517. The third-order valence-corrected chi connectivity index (χ3v) is 2.76. The second-order valence-corrected chi connectivity index (χ2v) is 4.04. The highest BCUT2D eigenvalue weighted by Gasteiger charge is 2.11. The molecule has 0 unspecified atom stereocenters. The van der Waals surface area contributed by atoms with E-state index in [1.54, 1.807) is 25.2 Å². The zero-order chi connectivity index (χ0) is 13.1. The Morgan fingerprint density at radius 3 is 3.00 bits per heavy atom. The minimum absolute atomic E-state index is 0.0160. The fraction of sp³-hybridized carbons (Fsp3) is 0.333. The van der Waals surface area contributed by atoms with E-state index in [-0.39, 0.29) is 5.91 Å². The van der Waals surface area contributed by atoms with Crippen molar-refractivity contribution in [2.75, 3.05) is 18.5 Å². The first-order valence-electron chi connectivity index (χ1n) is 5.71. The summed E-state index contributed by atoms with van der Waals surface area (Å²) in [6, 6.07) is 5.13. The van der Waals surface area contributed by atoms with Gasteiger partial charge in [0.25, 0.3) is 0 Å². The van der Waals surface area contributed by atoms with Crippen molar-refractivity contribution < 1.29 is 9.21 Å². The largest absolute Gasteiger partial charge is 0.417 e. The van der Waals surface area contributed by atoms with E-state index in [0.29, 0.717) is 36.2 Å². The quantitative estimate of drug-likeness (QED) is 0.839. The van der Waals surface area contributed by atoms with Gasteiger partial charge in [0.1, 0.15) is 0 Å². The molecule has 0 aliphatic heterocycles. The second kappa shape index (κ2) is 5.05. The first-order valence-corrected chi connectivity index (χ1v) is 5.71. The number of nitrogens with one attached hydrogen (secondary N) is 1. The van der Waals surface area contributed by atoms with Gasteiger partial charge in [-0.15, -0.1) is 0 Å². The topological polar surface area (TPSA) is 92.3 Å². The summed E-state index contributed by atoms with van der Waals surface area (Å²) in [5.41, 5.74) is 7.11. The number of rotatable bonds is 4. The van der Waals surface area contributed by atoms with Crippen molar-refractivity contribution in [2.24, 2.45) is 5.73 Å². The first kappa shape index (κ1) is 12.4. The van der Waals surface area contributed by atoms with Crippen LogP contribution in [0.1, 0.15) is 12.8 Å². The molecule has 2 rings (SSSR count). The maximum atomic E-state index is 11.8. The molecule has 0 bridgehead atoms. The number of nitrogens with zero attached hydrogens (tertiary/aromatic N) is 1. The Bertz CT molecular complexity index is 614. The van der Waals surface area contributed by atoms with Crippen LogP contribution in [-0.2, 0) is 4.79 Å². The van der Waals surface area contributed by atoms with E-state index < -0.39 is 5.76 Å². The number of benzene rings is 1. The van der Waals surface area contributed by atoms with Crippen LogP contribution in [0.2, 0.25) is 0 Å². The van der Waals surface area contributed by atoms with Gasteiger partial charge in [0.05, 0.1) is 5.52 Å². The van der Waals surface area contributed by atoms with Gasteiger partial charge >= 0.3 is 5.76 Å². The van der Waals surface area contributed by atoms with E-state index in [1.165, 1.54) is 4.90 Å². The molecule has 3 N–H and O–H groups in total. The second-order valence-electron chi connectivity index (χ2n) is 4.04. The van der Waals surface area contributed by atoms with Gasteiger partial charge in [-0.3, -0.25) is 9.78 Å². The summed E-state index contributed by atoms with van der Waals surface area (Å²) in [6.45, 7) is 0.491. The molecule has 0 aliphatic rings. The Morgan fingerprint density at radius 1 is 1.50 bits per heavy atom. The summed E-state index contributed by atoms with van der Waals surface area (Å²) >= 11 is 0. The van der Waals surface area contributed by atoms with Crippen molar-refractivity contribution in [1.82, 2.24) is 4.98 Å². The third kappa shape index (κ3) is 2.43. The van der Waals surface area contributed by atoms with Crippen molar-refractivity contribution in [2.45, 2.75) is 12.8 Å². The van der Waals surface area contributed by atoms with Crippen LogP contribution in [0, 0.1) is 0 Å². The standard InChI is InChI=1S/C12H15N3O3/c1-15(11(16)3-2-6-13)8-4-5-9-10(7-8)18-12(17)14-9/h4-5,7H,2-3,6,13H2,1H3,(H,14,17). The van der Waals surface area contributed by atoms with Gasteiger partial charge in [-0.05, 0) is 25.1 Å². The van der Waals surface area contributed by atoms with Crippen molar-refractivity contribution in [3.8, 4) is 0 Å². The number of nitrogens with two attached hydrogens (primary N) is 1. The van der Waals surface area contributed by atoms with Gasteiger partial charge in [0.15, 0.2) is 5.58 Å². The van der Waals surface area contributed by atoms with Crippen molar-refractivity contribution >= 4 is 22.7 Å². The zero-order valence-electron chi connectivity index (χ0n) is 10.1. The molecule has 0 saturated heterocycles. The fourth-order valence-electron chi connectivity index (χ4n) is 1.71. The van der Waals surface area contributed by atoms with Crippen LogP contribution in [0.5, 0.6) is 0 Å². The summed E-state index contributed by atoms with van der Waals surface area (Å²) in [4.78, 5) is 26.9. The van der Waals surface area contributed by atoms with Crippen LogP contribution in [-0.4, -0.2) is 24.5 Å². The van der Waals surface area contributed by atoms with E-state index in [9.17, 15) is 9.59 Å². The molecule has 1 amide bonds. The van der Waals surface area contributed by atoms with Crippen LogP contribution in [0.25, 0.3) is 11.1 Å². The molecule has 6 nitrogen and oxygen atoms in total. The first-order chi connectivity index (χ1) is 8.61. The summed E-state index contributed by atoms with van der Waals surface area (Å²) in [6.07, 6.45) is 1.06. The Morgan fingerprint density at radius 2 is 2.28 bits per heavy atom. The van der Waals surface area contributed by atoms with E-state index in [2.05, 4.69) is 4.98 Å². The van der Waals surface area contributed by atoms with Gasteiger partial charge in [-0.1, -0.05) is 0 Å². The molecule has 2 aromatic rings. The number of anilines is 1. The molecule has 0 atom stereocenters. The maximum absolute atomic E-state index is 11.8. The predicted molar refractivity (Wildman–Crippen MR) is 68.5 cm³/mol. The molecular weight excluding hydrogens is 234 g/mol. The van der Waals surface area contributed by atoms with Gasteiger partial charge in [0.2, 0.25) is 5.91 Å². The predicted octanol–water partition coefficient (Wildman–Crippen LogP) is 0.823. The highest BCUT2D eigenvalue weighted by molar-refractivity contribution is 5.94. The number of oxazole rings is 1. The monoisotopic (exact) mass is 249 g/mol. The Hall–Kier alpha value is -2.08. The number of hydrogen-bond donors (Lipinski definition) is 2. The Kier molecular flexibility index (Phi) is 3.47. The molecule has 0 spiro atoms. The minimum Gasteiger partial charge on any atom is -0.408 e. The number of carbonyl (C=O) groups excluding carboxylic acids is 1. The van der Waals surface area contributed by atoms with Gasteiger partial charge < -0.3 is 15.1 Å². The van der Waals surface area contributed by atoms with E-state index in [1.807, 2.05) is 0 Å². The van der Waals surface area contributed by atoms with Crippen molar-refractivity contribution in [3.05, 3.63) is 28.7 Å². The molecule has 1 heterocycles. The lowest BCUT2D eigenvalue weighted by Crippen LogP contribution is -2.26. The van der Waals surface area contributed by atoms with Crippen LogP contribution in [0.3, 0.4) is 0 Å². The lowest BCUT2D eigenvalue weighted by atomic mass is 10.2. The fourth-order valence-corrected chi connectivity index (χ4v) is 1.71. The highest BCUT2D eigenvalue weighted by atomic mass is 16.4. The zero-order valence-corrected chi connectivity index (χ0v) is 10.1.